The molecule has 0 fully saturated rings. The molecule has 3 heteroatoms. The first kappa shape index (κ1) is 11.2. The summed E-state index contributed by atoms with van der Waals surface area (Å²) < 4.78 is 0. The highest BCUT2D eigenvalue weighted by atomic mass is 16.1. The van der Waals surface area contributed by atoms with E-state index >= 15 is 0 Å². The van der Waals surface area contributed by atoms with Crippen molar-refractivity contribution in [2.45, 2.75) is 13.5 Å². The van der Waals surface area contributed by atoms with Crippen LogP contribution >= 0.6 is 0 Å². The van der Waals surface area contributed by atoms with Crippen LogP contribution in [0.1, 0.15) is 22.8 Å². The Labute approximate surface area is 88.8 Å². The average molecular weight is 203 g/mol. The zero-order chi connectivity index (χ0) is 11.3. The second-order valence-electron chi connectivity index (χ2n) is 3.18. The van der Waals surface area contributed by atoms with Gasteiger partial charge in [0.2, 0.25) is 5.91 Å². The van der Waals surface area contributed by atoms with Crippen LogP contribution in [0.4, 0.5) is 0 Å². The summed E-state index contributed by atoms with van der Waals surface area (Å²) in [5, 5.41) is 2.66. The topological polar surface area (TPSA) is 46.2 Å². The van der Waals surface area contributed by atoms with Gasteiger partial charge in [0.25, 0.3) is 0 Å². The van der Waals surface area contributed by atoms with Gasteiger partial charge in [-0.15, -0.1) is 0 Å². The van der Waals surface area contributed by atoms with E-state index in [0.717, 1.165) is 5.56 Å². The number of hydrogen-bond donors (Lipinski definition) is 1. The van der Waals surface area contributed by atoms with Crippen LogP contribution in [0, 0.1) is 0 Å². The Morgan fingerprint density at radius 2 is 1.93 bits per heavy atom. The Hall–Kier alpha value is -1.90. The highest BCUT2D eigenvalue weighted by Crippen LogP contribution is 2.04. The highest BCUT2D eigenvalue weighted by Gasteiger charge is 1.99. The van der Waals surface area contributed by atoms with Crippen molar-refractivity contribution in [2.24, 2.45) is 0 Å². The van der Waals surface area contributed by atoms with Gasteiger partial charge in [0.05, 0.1) is 0 Å². The fourth-order valence-electron chi connectivity index (χ4n) is 1.12. The number of nitrogens with one attached hydrogen (secondary N) is 1. The van der Waals surface area contributed by atoms with E-state index in [1.165, 1.54) is 13.0 Å². The summed E-state index contributed by atoms with van der Waals surface area (Å²) in [4.78, 5) is 21.9. The Bertz CT molecular complexity index is 379. The smallest absolute Gasteiger partial charge is 0.243 e. The zero-order valence-electron chi connectivity index (χ0n) is 8.62. The Morgan fingerprint density at radius 3 is 2.40 bits per heavy atom. The van der Waals surface area contributed by atoms with Crippen LogP contribution in [0.5, 0.6) is 0 Å². The van der Waals surface area contributed by atoms with Crippen molar-refractivity contribution in [1.29, 1.82) is 0 Å². The van der Waals surface area contributed by atoms with Crippen LogP contribution in [0.2, 0.25) is 0 Å². The normalized spacial score (nSPS) is 9.40. The third-order valence-electron chi connectivity index (χ3n) is 2.01. The largest absolute Gasteiger partial charge is 0.348 e. The van der Waals surface area contributed by atoms with Crippen molar-refractivity contribution in [1.82, 2.24) is 5.32 Å². The lowest BCUT2D eigenvalue weighted by molar-refractivity contribution is -0.116. The molecule has 0 unspecified atom stereocenters. The molecule has 0 aliphatic heterocycles. The van der Waals surface area contributed by atoms with Crippen LogP contribution in [-0.2, 0) is 11.3 Å². The molecule has 0 aromatic heterocycles. The predicted octanol–water partition coefficient (Wildman–Crippen LogP) is 1.69. The molecular formula is C12H13NO2. The van der Waals surface area contributed by atoms with Crippen molar-refractivity contribution < 1.29 is 9.59 Å². The third kappa shape index (κ3) is 3.38. The Kier molecular flexibility index (Phi) is 3.80. The van der Waals surface area contributed by atoms with Crippen LogP contribution in [0.25, 0.3) is 0 Å². The quantitative estimate of drug-likeness (QED) is 0.598. The minimum atomic E-state index is -0.203. The molecule has 1 amide bonds. The fourth-order valence-corrected chi connectivity index (χ4v) is 1.12. The molecule has 0 heterocycles. The molecule has 78 valence electrons. The number of rotatable bonds is 4. The van der Waals surface area contributed by atoms with Gasteiger partial charge in [-0.1, -0.05) is 30.8 Å². The van der Waals surface area contributed by atoms with Gasteiger partial charge in [0, 0.05) is 12.1 Å². The van der Waals surface area contributed by atoms with E-state index in [9.17, 15) is 9.59 Å². The molecule has 1 rings (SSSR count). The first-order valence-corrected chi connectivity index (χ1v) is 4.63. The van der Waals surface area contributed by atoms with Crippen molar-refractivity contribution in [3.05, 3.63) is 48.0 Å². The summed E-state index contributed by atoms with van der Waals surface area (Å²) in [5.41, 5.74) is 1.63. The van der Waals surface area contributed by atoms with Gasteiger partial charge in [-0.2, -0.15) is 0 Å². The van der Waals surface area contributed by atoms with E-state index in [0.29, 0.717) is 12.1 Å². The predicted molar refractivity (Wildman–Crippen MR) is 58.5 cm³/mol. The van der Waals surface area contributed by atoms with E-state index in [2.05, 4.69) is 11.9 Å². The minimum absolute atomic E-state index is 0.0386. The fraction of sp³-hybridized carbons (Fsp3) is 0.167. The van der Waals surface area contributed by atoms with Crippen LogP contribution in [0.3, 0.4) is 0 Å². The van der Waals surface area contributed by atoms with Gasteiger partial charge >= 0.3 is 0 Å². The van der Waals surface area contributed by atoms with Gasteiger partial charge in [-0.25, -0.2) is 0 Å². The summed E-state index contributed by atoms with van der Waals surface area (Å²) in [6.07, 6.45) is 1.23. The molecule has 3 nitrogen and oxygen atoms in total. The molecule has 1 aromatic carbocycles. The van der Waals surface area contributed by atoms with Gasteiger partial charge in [-0.05, 0) is 18.6 Å². The number of benzene rings is 1. The van der Waals surface area contributed by atoms with Crippen molar-refractivity contribution in [3.63, 3.8) is 0 Å². The van der Waals surface area contributed by atoms with Crippen LogP contribution in [-0.4, -0.2) is 11.7 Å². The first-order valence-electron chi connectivity index (χ1n) is 4.63. The lowest BCUT2D eigenvalue weighted by Gasteiger charge is -2.03. The van der Waals surface area contributed by atoms with Gasteiger partial charge in [-0.3, -0.25) is 9.59 Å². The lowest BCUT2D eigenvalue weighted by atomic mass is 10.1. The van der Waals surface area contributed by atoms with E-state index in [-0.39, 0.29) is 11.7 Å². The third-order valence-corrected chi connectivity index (χ3v) is 2.01. The molecule has 0 atom stereocenters. The van der Waals surface area contributed by atoms with Crippen molar-refractivity contribution >= 4 is 11.7 Å². The monoisotopic (exact) mass is 203 g/mol. The molecule has 15 heavy (non-hydrogen) atoms. The molecule has 0 saturated carbocycles. The molecule has 0 aliphatic carbocycles. The van der Waals surface area contributed by atoms with Crippen LogP contribution < -0.4 is 5.32 Å². The molecule has 1 N–H and O–H groups in total. The van der Waals surface area contributed by atoms with Gasteiger partial charge < -0.3 is 5.32 Å². The van der Waals surface area contributed by atoms with Crippen molar-refractivity contribution in [2.75, 3.05) is 0 Å². The van der Waals surface area contributed by atoms with Gasteiger partial charge in [0.1, 0.15) is 0 Å². The molecular weight excluding hydrogens is 190 g/mol. The van der Waals surface area contributed by atoms with Gasteiger partial charge in [0.15, 0.2) is 5.78 Å². The second kappa shape index (κ2) is 5.10. The first-order chi connectivity index (χ1) is 7.13. The second-order valence-corrected chi connectivity index (χ2v) is 3.18. The molecule has 0 bridgehead atoms. The standard InChI is InChI=1S/C12H13NO2/c1-3-12(15)13-8-10-4-6-11(7-5-10)9(2)14/h3-7H,1,8H2,2H3,(H,13,15). The maximum absolute atomic E-state index is 11.0. The SMILES string of the molecule is C=CC(=O)NCc1ccc(C(C)=O)cc1. The number of ketones is 1. The maximum atomic E-state index is 11.0. The Balaban J connectivity index is 2.60. The zero-order valence-corrected chi connectivity index (χ0v) is 8.62. The highest BCUT2D eigenvalue weighted by molar-refractivity contribution is 5.94. The number of amides is 1. The Morgan fingerprint density at radius 1 is 1.33 bits per heavy atom. The molecule has 0 spiro atoms. The van der Waals surface area contributed by atoms with E-state index in [1.54, 1.807) is 12.1 Å². The summed E-state index contributed by atoms with van der Waals surface area (Å²) in [6.45, 7) is 5.32. The van der Waals surface area contributed by atoms with Crippen molar-refractivity contribution in [3.8, 4) is 0 Å². The summed E-state index contributed by atoms with van der Waals surface area (Å²) >= 11 is 0. The van der Waals surface area contributed by atoms with E-state index < -0.39 is 0 Å². The minimum Gasteiger partial charge on any atom is -0.348 e. The number of Topliss-reactive ketones (excluding diaryl/α,β-unsaturated/α-hetero) is 1. The lowest BCUT2D eigenvalue weighted by Crippen LogP contribution is -2.19. The molecule has 1 aromatic rings. The number of carbonyl (C=O) groups is 2. The van der Waals surface area contributed by atoms with E-state index in [1.807, 2.05) is 12.1 Å². The van der Waals surface area contributed by atoms with E-state index in [4.69, 9.17) is 0 Å². The van der Waals surface area contributed by atoms with Crippen LogP contribution in [0.15, 0.2) is 36.9 Å². The molecule has 0 aliphatic rings. The number of hydrogen-bond acceptors (Lipinski definition) is 2. The summed E-state index contributed by atoms with van der Waals surface area (Å²) in [7, 11) is 0. The summed E-state index contributed by atoms with van der Waals surface area (Å²) in [5.74, 6) is -0.165. The summed E-state index contributed by atoms with van der Waals surface area (Å²) in [6, 6.07) is 7.13. The molecule has 0 saturated heterocycles. The maximum Gasteiger partial charge on any atom is 0.243 e. The average Bonchev–Trinajstić information content (AvgIpc) is 2.26. The number of carbonyl (C=O) groups excluding carboxylic acids is 2. The molecule has 0 radical (unpaired) electrons.